The van der Waals surface area contributed by atoms with Crippen molar-refractivity contribution in [1.29, 1.82) is 0 Å². The summed E-state index contributed by atoms with van der Waals surface area (Å²) in [6.45, 7) is 7.40. The van der Waals surface area contributed by atoms with Gasteiger partial charge in [-0.15, -0.1) is 0 Å². The van der Waals surface area contributed by atoms with Crippen LogP contribution in [0.3, 0.4) is 0 Å². The molecule has 1 aromatic carbocycles. The fraction of sp³-hybridized carbons (Fsp3) is 0.400. The number of hydrogen-bond acceptors (Lipinski definition) is 3. The highest BCUT2D eigenvalue weighted by atomic mass is 19.1. The predicted molar refractivity (Wildman–Crippen MR) is 72.9 cm³/mol. The van der Waals surface area contributed by atoms with E-state index in [2.05, 4.69) is 4.74 Å². The van der Waals surface area contributed by atoms with Gasteiger partial charge in [0.25, 0.3) is 0 Å². The predicted octanol–water partition coefficient (Wildman–Crippen LogP) is 3.49. The van der Waals surface area contributed by atoms with Crippen LogP contribution in [0.1, 0.15) is 29.2 Å². The van der Waals surface area contributed by atoms with Crippen molar-refractivity contribution in [1.82, 2.24) is 0 Å². The number of aryl methyl sites for hydroxylation is 1. The number of rotatable bonds is 4. The molecular weight excluding hydrogens is 247 g/mol. The molecule has 0 unspecified atom stereocenters. The molecule has 0 spiro atoms. The van der Waals surface area contributed by atoms with Crippen molar-refractivity contribution in [2.24, 2.45) is 0 Å². The van der Waals surface area contributed by atoms with Crippen molar-refractivity contribution in [2.45, 2.75) is 27.7 Å². The molecule has 19 heavy (non-hydrogen) atoms. The Morgan fingerprint density at radius 2 is 1.95 bits per heavy atom. The van der Waals surface area contributed by atoms with Crippen LogP contribution >= 0.6 is 0 Å². The van der Waals surface area contributed by atoms with Crippen molar-refractivity contribution in [3.05, 3.63) is 34.1 Å². The molecule has 0 heterocycles. The largest absolute Gasteiger partial charge is 0.496 e. The van der Waals surface area contributed by atoms with Gasteiger partial charge in [0.05, 0.1) is 13.7 Å². The molecule has 0 aromatic heterocycles. The smallest absolute Gasteiger partial charge is 0.367 e. The summed E-state index contributed by atoms with van der Waals surface area (Å²) in [7, 11) is 1.59. The van der Waals surface area contributed by atoms with Gasteiger partial charge >= 0.3 is 5.97 Å². The number of halogens is 1. The van der Waals surface area contributed by atoms with E-state index in [4.69, 9.17) is 4.74 Å². The molecule has 0 aliphatic heterocycles. The summed E-state index contributed by atoms with van der Waals surface area (Å²) in [6, 6.07) is 1.83. The second-order valence-corrected chi connectivity index (χ2v) is 4.27. The van der Waals surface area contributed by atoms with Crippen molar-refractivity contribution in [3.8, 4) is 5.75 Å². The van der Waals surface area contributed by atoms with Crippen LogP contribution < -0.4 is 4.74 Å². The van der Waals surface area contributed by atoms with Crippen LogP contribution in [0.15, 0.2) is 11.9 Å². The molecule has 1 aromatic rings. The zero-order valence-electron chi connectivity index (χ0n) is 12.0. The summed E-state index contributed by atoms with van der Waals surface area (Å²) < 4.78 is 23.6. The summed E-state index contributed by atoms with van der Waals surface area (Å²) in [4.78, 5) is 11.3. The summed E-state index contributed by atoms with van der Waals surface area (Å²) in [5, 5.41) is 0. The molecule has 0 aliphatic carbocycles. The van der Waals surface area contributed by atoms with E-state index in [0.29, 0.717) is 5.56 Å². The minimum atomic E-state index is -0.935. The Morgan fingerprint density at radius 1 is 1.32 bits per heavy atom. The quantitative estimate of drug-likeness (QED) is 0.618. The molecular formula is C15H19FO3. The van der Waals surface area contributed by atoms with E-state index in [0.717, 1.165) is 22.4 Å². The van der Waals surface area contributed by atoms with Crippen LogP contribution in [0.25, 0.3) is 6.08 Å². The molecule has 0 radical (unpaired) electrons. The Morgan fingerprint density at radius 3 is 2.47 bits per heavy atom. The first-order valence-electron chi connectivity index (χ1n) is 6.11. The third-order valence-corrected chi connectivity index (χ3v) is 3.07. The second kappa shape index (κ2) is 6.36. The molecule has 0 fully saturated rings. The molecule has 4 heteroatoms. The maximum atomic E-state index is 13.7. The number of carbonyl (C=O) groups excluding carboxylic acids is 1. The number of methoxy groups -OCH3 is 1. The Hall–Kier alpha value is -1.84. The van der Waals surface area contributed by atoms with Gasteiger partial charge in [0.15, 0.2) is 0 Å². The normalized spacial score (nSPS) is 11.4. The minimum absolute atomic E-state index is 0.152. The maximum absolute atomic E-state index is 13.7. The Bertz CT molecular complexity index is 519. The lowest BCUT2D eigenvalue weighted by Crippen LogP contribution is -2.05. The van der Waals surface area contributed by atoms with Gasteiger partial charge in [0.1, 0.15) is 5.75 Å². The lowest BCUT2D eigenvalue weighted by molar-refractivity contribution is -0.140. The number of benzene rings is 1. The van der Waals surface area contributed by atoms with Crippen molar-refractivity contribution in [2.75, 3.05) is 13.7 Å². The van der Waals surface area contributed by atoms with Crippen LogP contribution in [-0.4, -0.2) is 19.7 Å². The minimum Gasteiger partial charge on any atom is -0.496 e. The van der Waals surface area contributed by atoms with Gasteiger partial charge in [-0.25, -0.2) is 4.79 Å². The number of esters is 1. The molecule has 0 aliphatic rings. The molecule has 0 N–H and O–H groups in total. The zero-order valence-corrected chi connectivity index (χ0v) is 12.0. The van der Waals surface area contributed by atoms with Crippen LogP contribution in [0.2, 0.25) is 0 Å². The summed E-state index contributed by atoms with van der Waals surface area (Å²) >= 11 is 0. The van der Waals surface area contributed by atoms with E-state index in [-0.39, 0.29) is 6.61 Å². The lowest BCUT2D eigenvalue weighted by atomic mass is 9.97. The van der Waals surface area contributed by atoms with E-state index in [1.54, 1.807) is 14.0 Å². The fourth-order valence-electron chi connectivity index (χ4n) is 1.88. The fourth-order valence-corrected chi connectivity index (χ4v) is 1.88. The van der Waals surface area contributed by atoms with E-state index in [1.807, 2.05) is 26.8 Å². The standard InChI is InChI=1S/C15H19FO3/c1-6-19-15(17)13(16)8-12-9(2)7-14(18-5)11(4)10(12)3/h7-8H,6H2,1-5H3/b13-8-. The van der Waals surface area contributed by atoms with Gasteiger partial charge < -0.3 is 9.47 Å². The van der Waals surface area contributed by atoms with Crippen molar-refractivity contribution < 1.29 is 18.7 Å². The summed E-state index contributed by atoms with van der Waals surface area (Å²) in [6.07, 6.45) is 1.22. The first-order valence-corrected chi connectivity index (χ1v) is 6.11. The summed E-state index contributed by atoms with van der Waals surface area (Å²) in [5.74, 6) is -1.07. The highest BCUT2D eigenvalue weighted by Gasteiger charge is 2.14. The Labute approximate surface area is 113 Å². The first-order chi connectivity index (χ1) is 8.92. The van der Waals surface area contributed by atoms with E-state index in [9.17, 15) is 9.18 Å². The van der Waals surface area contributed by atoms with E-state index in [1.165, 1.54) is 6.08 Å². The molecule has 3 nitrogen and oxygen atoms in total. The van der Waals surface area contributed by atoms with Crippen molar-refractivity contribution >= 4 is 12.0 Å². The molecule has 0 amide bonds. The molecule has 1 rings (SSSR count). The third kappa shape index (κ3) is 3.34. The van der Waals surface area contributed by atoms with E-state index < -0.39 is 11.8 Å². The van der Waals surface area contributed by atoms with Gasteiger partial charge in [-0.1, -0.05) is 0 Å². The lowest BCUT2D eigenvalue weighted by Gasteiger charge is -2.13. The topological polar surface area (TPSA) is 35.5 Å². The SMILES string of the molecule is CCOC(=O)/C(F)=C/c1c(C)cc(OC)c(C)c1C. The highest BCUT2D eigenvalue weighted by molar-refractivity contribution is 5.91. The summed E-state index contributed by atoms with van der Waals surface area (Å²) in [5.41, 5.74) is 3.34. The van der Waals surface area contributed by atoms with Gasteiger partial charge in [0, 0.05) is 0 Å². The van der Waals surface area contributed by atoms with Crippen molar-refractivity contribution in [3.63, 3.8) is 0 Å². The monoisotopic (exact) mass is 266 g/mol. The second-order valence-electron chi connectivity index (χ2n) is 4.27. The van der Waals surface area contributed by atoms with Crippen LogP contribution in [0.4, 0.5) is 4.39 Å². The van der Waals surface area contributed by atoms with Gasteiger partial charge in [-0.05, 0) is 62.1 Å². The molecule has 0 atom stereocenters. The molecule has 0 saturated heterocycles. The Kier molecular flexibility index (Phi) is 5.10. The average Bonchev–Trinajstić information content (AvgIpc) is 2.38. The van der Waals surface area contributed by atoms with Gasteiger partial charge in [-0.2, -0.15) is 4.39 Å². The maximum Gasteiger partial charge on any atom is 0.367 e. The molecule has 0 bridgehead atoms. The van der Waals surface area contributed by atoms with Crippen LogP contribution in [0.5, 0.6) is 5.75 Å². The molecule has 0 saturated carbocycles. The number of hydrogen-bond donors (Lipinski definition) is 0. The van der Waals surface area contributed by atoms with Gasteiger partial charge in [-0.3, -0.25) is 0 Å². The van der Waals surface area contributed by atoms with Crippen LogP contribution in [-0.2, 0) is 9.53 Å². The molecule has 104 valence electrons. The highest BCUT2D eigenvalue weighted by Crippen LogP contribution is 2.29. The average molecular weight is 266 g/mol. The van der Waals surface area contributed by atoms with E-state index >= 15 is 0 Å². The number of ether oxygens (including phenoxy) is 2. The van der Waals surface area contributed by atoms with Crippen LogP contribution in [0, 0.1) is 20.8 Å². The zero-order chi connectivity index (χ0) is 14.6. The Balaban J connectivity index is 3.25. The van der Waals surface area contributed by atoms with Gasteiger partial charge in [0.2, 0.25) is 5.83 Å². The number of carbonyl (C=O) groups is 1. The first kappa shape index (κ1) is 15.2. The third-order valence-electron chi connectivity index (χ3n) is 3.07.